The molecule has 0 saturated carbocycles. The molecule has 0 spiro atoms. The topological polar surface area (TPSA) is 214 Å². The molecule has 0 atom stereocenters. The van der Waals surface area contributed by atoms with Crippen LogP contribution in [0.2, 0.25) is 0 Å². The Morgan fingerprint density at radius 3 is 0.826 bits per heavy atom. The minimum atomic E-state index is -5.39. The van der Waals surface area contributed by atoms with Crippen LogP contribution in [0.4, 0.5) is 0 Å². The van der Waals surface area contributed by atoms with Crippen molar-refractivity contribution < 1.29 is 52.2 Å². The summed E-state index contributed by atoms with van der Waals surface area (Å²) < 4.78 is 23.3. The summed E-state index contributed by atoms with van der Waals surface area (Å²) in [4.78, 5) is 59.8. The minimum absolute atomic E-state index is 0.943. The van der Waals surface area contributed by atoms with Crippen molar-refractivity contribution in [2.75, 3.05) is 0 Å². The first-order chi connectivity index (χ1) is 21.9. The van der Waals surface area contributed by atoms with Crippen molar-refractivity contribution in [2.45, 2.75) is 0 Å². The predicted molar refractivity (Wildman–Crippen MR) is 159 cm³/mol. The zero-order valence-corrected chi connectivity index (χ0v) is 25.8. The van der Waals surface area contributed by atoms with Crippen LogP contribution in [0.1, 0.15) is 0 Å². The highest BCUT2D eigenvalue weighted by Crippen LogP contribution is 2.25. The minimum Gasteiger partial charge on any atom is -0.822 e. The second-order valence-corrected chi connectivity index (χ2v) is 10.3. The van der Waals surface area contributed by atoms with Crippen LogP contribution in [0.3, 0.4) is 0 Å². The van der Waals surface area contributed by atoms with E-state index in [4.69, 9.17) is 38.5 Å². The molecule has 6 aromatic heterocycles. The first kappa shape index (κ1) is 37.3. The molecule has 0 aliphatic carbocycles. The van der Waals surface area contributed by atoms with Crippen LogP contribution in [-0.2, 0) is 9.13 Å². The molecule has 14 nitrogen and oxygen atoms in total. The lowest BCUT2D eigenvalue weighted by atomic mass is 10.4. The fourth-order valence-electron chi connectivity index (χ4n) is 3.17. The Morgan fingerprint density at radius 1 is 0.435 bits per heavy atom. The summed E-state index contributed by atoms with van der Waals surface area (Å²) >= 11 is 0. The first-order valence-electron chi connectivity index (χ1n) is 13.0. The summed E-state index contributed by atoms with van der Waals surface area (Å²) in [6.45, 7) is 0. The maximum atomic E-state index is 8.88. The van der Waals surface area contributed by atoms with E-state index in [0.29, 0.717) is 0 Å². The molecular formula is C30H30N6O8P2. The third-order valence-electron chi connectivity index (χ3n) is 4.89. The molecule has 0 aromatic carbocycles. The smallest absolute Gasteiger partial charge is 0.466 e. The molecule has 6 rings (SSSR count). The lowest BCUT2D eigenvalue weighted by Gasteiger charge is -2.36. The zero-order chi connectivity index (χ0) is 33.7. The fourth-order valence-corrected chi connectivity index (χ4v) is 3.17. The molecule has 0 radical (unpaired) electrons. The average Bonchev–Trinajstić information content (AvgIpc) is 3.06. The number of phosphoric acid groups is 2. The Hall–Kier alpha value is -4.88. The van der Waals surface area contributed by atoms with Gasteiger partial charge in [0.25, 0.3) is 0 Å². The number of pyridine rings is 6. The molecule has 0 saturated heterocycles. The number of hydrogen-bond acceptors (Lipinski definition) is 8. The van der Waals surface area contributed by atoms with E-state index in [9.17, 15) is 0 Å². The molecule has 0 bridgehead atoms. The third kappa shape index (κ3) is 18.7. The number of hydrogen-bond donors (Lipinski definition) is 3. The number of rotatable bonds is 3. The molecule has 16 heteroatoms. The molecule has 6 aromatic rings. The van der Waals surface area contributed by atoms with Crippen LogP contribution < -0.4 is 28.4 Å². The van der Waals surface area contributed by atoms with Gasteiger partial charge < -0.3 is 33.9 Å². The van der Waals surface area contributed by atoms with Crippen LogP contribution in [0.25, 0.3) is 17.5 Å². The Bertz CT molecular complexity index is 1410. The zero-order valence-electron chi connectivity index (χ0n) is 24.0. The van der Waals surface area contributed by atoms with Crippen LogP contribution in [0.5, 0.6) is 0 Å². The molecule has 238 valence electrons. The SMILES string of the molecule is O=P(O)(O)O.O=P([O-])([O-])[O-].c1cc[n+](-c2ccccn2)cc1.c1cc[n+](-c2ccccn2)cc1.c1cc[n+](-c2ccccn2)cc1. The lowest BCUT2D eigenvalue weighted by molar-refractivity contribution is -0.599. The molecular weight excluding hydrogens is 634 g/mol. The van der Waals surface area contributed by atoms with Crippen LogP contribution in [-0.4, -0.2) is 29.6 Å². The van der Waals surface area contributed by atoms with Gasteiger partial charge in [0, 0.05) is 18.2 Å². The maximum Gasteiger partial charge on any atom is 0.466 e. The van der Waals surface area contributed by atoms with Gasteiger partial charge in [0.05, 0.1) is 37.2 Å². The van der Waals surface area contributed by atoms with Gasteiger partial charge in [0.15, 0.2) is 0 Å². The van der Waals surface area contributed by atoms with Crippen LogP contribution in [0, 0.1) is 0 Å². The molecule has 0 aliphatic rings. The van der Waals surface area contributed by atoms with Gasteiger partial charge in [-0.2, -0.15) is 7.82 Å². The molecule has 0 amide bonds. The monoisotopic (exact) mass is 664 g/mol. The summed E-state index contributed by atoms with van der Waals surface area (Å²) in [6.07, 6.45) is 17.2. The van der Waals surface area contributed by atoms with Gasteiger partial charge in [-0.3, -0.25) is 0 Å². The Balaban J connectivity index is 0.000000210. The largest absolute Gasteiger partial charge is 0.822 e. The summed E-state index contributed by atoms with van der Waals surface area (Å²) in [5.41, 5.74) is 0. The van der Waals surface area contributed by atoms with E-state index >= 15 is 0 Å². The first-order valence-corrected chi connectivity index (χ1v) is 16.1. The highest BCUT2D eigenvalue weighted by Gasteiger charge is 2.03. The highest BCUT2D eigenvalue weighted by atomic mass is 31.2. The summed E-state index contributed by atoms with van der Waals surface area (Å²) in [5, 5.41) is 0. The van der Waals surface area contributed by atoms with Gasteiger partial charge in [0.2, 0.25) is 0 Å². The van der Waals surface area contributed by atoms with Crippen molar-refractivity contribution in [3.05, 3.63) is 165 Å². The highest BCUT2D eigenvalue weighted by molar-refractivity contribution is 7.45. The standard InChI is InChI=1S/3C10H9N2.2H3O4P/c3*1-4-8-12(9-5-1)10-6-2-3-7-11-10;2*1-5(2,3)4/h3*1-9H;2*(H3,1,2,3,4)/q3*+1;;/p-3. The van der Waals surface area contributed by atoms with Crippen LogP contribution >= 0.6 is 15.6 Å². The molecule has 0 fully saturated rings. The summed E-state index contributed by atoms with van der Waals surface area (Å²) in [5.74, 6) is 2.83. The molecule has 6 heterocycles. The normalized spacial score (nSPS) is 10.1. The van der Waals surface area contributed by atoms with E-state index in [1.807, 2.05) is 160 Å². The van der Waals surface area contributed by atoms with Gasteiger partial charge in [-0.1, -0.05) is 36.4 Å². The Kier molecular flexibility index (Phi) is 16.4. The van der Waals surface area contributed by atoms with E-state index in [2.05, 4.69) is 15.0 Å². The van der Waals surface area contributed by atoms with Crippen molar-refractivity contribution in [2.24, 2.45) is 0 Å². The van der Waals surface area contributed by atoms with E-state index in [1.165, 1.54) is 0 Å². The molecule has 0 unspecified atom stereocenters. The molecule has 0 aliphatic heterocycles. The van der Waals surface area contributed by atoms with E-state index in [0.717, 1.165) is 17.5 Å². The van der Waals surface area contributed by atoms with Gasteiger partial charge in [-0.15, -0.1) is 0 Å². The van der Waals surface area contributed by atoms with Gasteiger partial charge in [0.1, 0.15) is 18.6 Å². The summed E-state index contributed by atoms with van der Waals surface area (Å²) in [7, 11) is -10.0. The van der Waals surface area contributed by atoms with E-state index in [1.54, 1.807) is 18.6 Å². The second kappa shape index (κ2) is 20.2. The van der Waals surface area contributed by atoms with Crippen molar-refractivity contribution >= 4 is 15.6 Å². The molecule has 3 N–H and O–H groups in total. The Morgan fingerprint density at radius 2 is 0.652 bits per heavy atom. The number of aromatic nitrogens is 6. The van der Waals surface area contributed by atoms with Crippen molar-refractivity contribution in [3.8, 4) is 17.5 Å². The van der Waals surface area contributed by atoms with Crippen molar-refractivity contribution in [1.82, 2.24) is 15.0 Å². The maximum absolute atomic E-state index is 8.88. The van der Waals surface area contributed by atoms with E-state index < -0.39 is 15.6 Å². The second-order valence-electron chi connectivity index (χ2n) is 8.37. The number of nitrogens with zero attached hydrogens (tertiary/aromatic N) is 6. The quantitative estimate of drug-likeness (QED) is 0.173. The predicted octanol–water partition coefficient (Wildman–Crippen LogP) is 0.322. The van der Waals surface area contributed by atoms with Crippen LogP contribution in [0.15, 0.2) is 165 Å². The van der Waals surface area contributed by atoms with Gasteiger partial charge in [-0.05, 0) is 69.5 Å². The average molecular weight is 665 g/mol. The lowest BCUT2D eigenvalue weighted by Crippen LogP contribution is -2.29. The third-order valence-corrected chi connectivity index (χ3v) is 4.89. The molecule has 46 heavy (non-hydrogen) atoms. The van der Waals surface area contributed by atoms with Crippen molar-refractivity contribution in [3.63, 3.8) is 0 Å². The van der Waals surface area contributed by atoms with E-state index in [-0.39, 0.29) is 0 Å². The summed E-state index contributed by atoms with van der Waals surface area (Å²) in [6, 6.07) is 35.4. The fraction of sp³-hybridized carbons (Fsp3) is 0. The van der Waals surface area contributed by atoms with Gasteiger partial charge in [-0.25, -0.2) is 18.3 Å². The van der Waals surface area contributed by atoms with Crippen molar-refractivity contribution in [1.29, 1.82) is 0 Å². The van der Waals surface area contributed by atoms with Gasteiger partial charge >= 0.3 is 25.3 Å². The Labute approximate surface area is 265 Å².